The fourth-order valence-electron chi connectivity index (χ4n) is 2.62. The van der Waals surface area contributed by atoms with Crippen LogP contribution < -0.4 is 0 Å². The zero-order valence-electron chi connectivity index (χ0n) is 18.6. The molecule has 0 saturated heterocycles. The monoisotopic (exact) mass is 448 g/mol. The van der Waals surface area contributed by atoms with E-state index in [2.05, 4.69) is 0 Å². The lowest BCUT2D eigenvalue weighted by molar-refractivity contribution is 0.180. The number of aryl methyl sites for hydroxylation is 1. The largest absolute Gasteiger partial charge is 0.346 e. The van der Waals surface area contributed by atoms with Gasteiger partial charge in [-0.05, 0) is 44.6 Å². The minimum Gasteiger partial charge on any atom is -0.308 e. The highest BCUT2D eigenvalue weighted by Crippen LogP contribution is 2.71. The Morgan fingerprint density at radius 2 is 1.03 bits per heavy atom. The van der Waals surface area contributed by atoms with Gasteiger partial charge in [-0.2, -0.15) is 0 Å². The second kappa shape index (κ2) is 13.7. The van der Waals surface area contributed by atoms with Gasteiger partial charge < -0.3 is 18.1 Å². The molecule has 1 rings (SSSR count). The van der Waals surface area contributed by atoms with Gasteiger partial charge in [-0.25, -0.2) is 0 Å². The molecule has 0 amide bonds. The van der Waals surface area contributed by atoms with E-state index in [4.69, 9.17) is 18.1 Å². The molecule has 0 aliphatic heterocycles. The number of benzene rings is 1. The van der Waals surface area contributed by atoms with Crippen molar-refractivity contribution in [2.75, 3.05) is 26.4 Å². The standard InChI is InChI=1S/C21H38O6P2/c1-6-14-24-28(22,25-15-7-2)21(18-20-12-10-19(5)11-13-20)29(23,26-16-8-3)27-17-9-4/h10-13,21H,6-9,14-18H2,1-5H3. The highest BCUT2D eigenvalue weighted by molar-refractivity contribution is 7.72. The lowest BCUT2D eigenvalue weighted by Crippen LogP contribution is -2.21. The van der Waals surface area contributed by atoms with Gasteiger partial charge in [0.2, 0.25) is 0 Å². The van der Waals surface area contributed by atoms with Gasteiger partial charge in [0.1, 0.15) is 0 Å². The summed E-state index contributed by atoms with van der Waals surface area (Å²) < 4.78 is 50.8. The fraction of sp³-hybridized carbons (Fsp3) is 0.714. The van der Waals surface area contributed by atoms with Crippen LogP contribution in [0, 0.1) is 6.92 Å². The molecule has 29 heavy (non-hydrogen) atoms. The van der Waals surface area contributed by atoms with Crippen LogP contribution in [0.25, 0.3) is 0 Å². The predicted octanol–water partition coefficient (Wildman–Crippen LogP) is 6.96. The molecule has 8 heteroatoms. The molecule has 0 N–H and O–H groups in total. The first-order chi connectivity index (χ1) is 13.8. The van der Waals surface area contributed by atoms with Gasteiger partial charge in [-0.1, -0.05) is 57.5 Å². The second-order valence-corrected chi connectivity index (χ2v) is 11.9. The molecule has 0 fully saturated rings. The van der Waals surface area contributed by atoms with Crippen molar-refractivity contribution >= 4 is 15.2 Å². The molecule has 6 nitrogen and oxygen atoms in total. The zero-order valence-corrected chi connectivity index (χ0v) is 20.4. The maximum atomic E-state index is 13.9. The highest BCUT2D eigenvalue weighted by Gasteiger charge is 2.51. The van der Waals surface area contributed by atoms with Gasteiger partial charge in [-0.3, -0.25) is 9.13 Å². The van der Waals surface area contributed by atoms with Gasteiger partial charge >= 0.3 is 15.2 Å². The van der Waals surface area contributed by atoms with Crippen LogP contribution in [0.15, 0.2) is 24.3 Å². The summed E-state index contributed by atoms with van der Waals surface area (Å²) in [7, 11) is -7.51. The van der Waals surface area contributed by atoms with Gasteiger partial charge in [0, 0.05) is 0 Å². The lowest BCUT2D eigenvalue weighted by Gasteiger charge is -2.32. The molecule has 0 bridgehead atoms. The number of rotatable bonds is 16. The SMILES string of the molecule is CCCOP(=O)(OCCC)C(Cc1ccc(C)cc1)P(=O)(OCCC)OCCC. The minimum absolute atomic E-state index is 0.232. The summed E-state index contributed by atoms with van der Waals surface area (Å²) in [6, 6.07) is 7.83. The smallest absolute Gasteiger partial charge is 0.308 e. The van der Waals surface area contributed by atoms with Crippen LogP contribution in [0.5, 0.6) is 0 Å². The summed E-state index contributed by atoms with van der Waals surface area (Å²) >= 11 is 0. The summed E-state index contributed by atoms with van der Waals surface area (Å²) in [5, 5.41) is -1.01. The Kier molecular flexibility index (Phi) is 12.6. The molecule has 0 radical (unpaired) electrons. The van der Waals surface area contributed by atoms with Gasteiger partial charge in [0.15, 0.2) is 5.40 Å². The van der Waals surface area contributed by atoms with Crippen molar-refractivity contribution in [2.24, 2.45) is 0 Å². The van der Waals surface area contributed by atoms with E-state index in [9.17, 15) is 9.13 Å². The molecule has 0 unspecified atom stereocenters. The topological polar surface area (TPSA) is 71.1 Å². The van der Waals surface area contributed by atoms with Crippen LogP contribution >= 0.6 is 15.2 Å². The van der Waals surface area contributed by atoms with Crippen molar-refractivity contribution in [3.63, 3.8) is 0 Å². The Balaban J connectivity index is 3.39. The maximum Gasteiger partial charge on any atom is 0.346 e. The molecule has 0 atom stereocenters. The van der Waals surface area contributed by atoms with Crippen molar-refractivity contribution in [2.45, 2.75) is 72.1 Å². The quantitative estimate of drug-likeness (QED) is 0.255. The molecule has 1 aromatic carbocycles. The average Bonchev–Trinajstić information content (AvgIpc) is 2.73. The van der Waals surface area contributed by atoms with Crippen molar-refractivity contribution in [3.8, 4) is 0 Å². The molecule has 168 valence electrons. The minimum atomic E-state index is -3.75. The van der Waals surface area contributed by atoms with Crippen LogP contribution in [0.2, 0.25) is 0 Å². The van der Waals surface area contributed by atoms with E-state index in [0.29, 0.717) is 25.7 Å². The Labute approximate surface area is 176 Å². The first-order valence-electron chi connectivity index (χ1n) is 10.7. The fourth-order valence-corrected chi connectivity index (χ4v) is 8.26. The summed E-state index contributed by atoms with van der Waals surface area (Å²) in [5.74, 6) is 0. The second-order valence-electron chi connectivity index (χ2n) is 7.08. The Hall–Kier alpha value is -0.480. The van der Waals surface area contributed by atoms with E-state index in [-0.39, 0.29) is 32.8 Å². The zero-order chi connectivity index (χ0) is 21.8. The summed E-state index contributed by atoms with van der Waals surface area (Å²) in [4.78, 5) is 0. The van der Waals surface area contributed by atoms with E-state index in [1.807, 2.05) is 58.9 Å². The van der Waals surface area contributed by atoms with Gasteiger partial charge in [0.25, 0.3) is 0 Å². The number of hydrogen-bond acceptors (Lipinski definition) is 6. The summed E-state index contributed by atoms with van der Waals surface area (Å²) in [6.45, 7) is 10.7. The van der Waals surface area contributed by atoms with E-state index < -0.39 is 20.6 Å². The molecular weight excluding hydrogens is 410 g/mol. The molecule has 0 aliphatic carbocycles. The highest BCUT2D eigenvalue weighted by atomic mass is 31.2. The third-order valence-corrected chi connectivity index (χ3v) is 9.86. The molecule has 0 spiro atoms. The normalized spacial score (nSPS) is 12.6. The third kappa shape index (κ3) is 8.65. The maximum absolute atomic E-state index is 13.9. The van der Waals surface area contributed by atoms with Crippen molar-refractivity contribution in [1.29, 1.82) is 0 Å². The van der Waals surface area contributed by atoms with Crippen LogP contribution in [0.3, 0.4) is 0 Å². The Morgan fingerprint density at radius 3 is 1.34 bits per heavy atom. The average molecular weight is 448 g/mol. The lowest BCUT2D eigenvalue weighted by atomic mass is 10.1. The van der Waals surface area contributed by atoms with E-state index in [1.54, 1.807) is 0 Å². The van der Waals surface area contributed by atoms with Crippen LogP contribution in [-0.2, 0) is 33.6 Å². The van der Waals surface area contributed by atoms with E-state index in [1.165, 1.54) is 0 Å². The number of hydrogen-bond donors (Lipinski definition) is 0. The van der Waals surface area contributed by atoms with E-state index >= 15 is 0 Å². The Bertz CT molecular complexity index is 604. The molecule has 0 heterocycles. The van der Waals surface area contributed by atoms with Crippen molar-refractivity contribution in [1.82, 2.24) is 0 Å². The van der Waals surface area contributed by atoms with E-state index in [0.717, 1.165) is 11.1 Å². The summed E-state index contributed by atoms with van der Waals surface area (Å²) in [5.41, 5.74) is 2.01. The summed E-state index contributed by atoms with van der Waals surface area (Å²) in [6.07, 6.45) is 2.92. The molecule has 0 saturated carbocycles. The van der Waals surface area contributed by atoms with Gasteiger partial charge in [-0.15, -0.1) is 0 Å². The molecule has 0 aromatic heterocycles. The first-order valence-corrected chi connectivity index (χ1v) is 13.9. The molecular formula is C21H38O6P2. The predicted molar refractivity (Wildman–Crippen MR) is 119 cm³/mol. The first kappa shape index (κ1) is 26.6. The van der Waals surface area contributed by atoms with Gasteiger partial charge in [0.05, 0.1) is 26.4 Å². The molecule has 0 aliphatic rings. The molecule has 1 aromatic rings. The van der Waals surface area contributed by atoms with Crippen LogP contribution in [0.1, 0.15) is 64.5 Å². The van der Waals surface area contributed by atoms with Crippen molar-refractivity contribution in [3.05, 3.63) is 35.4 Å². The van der Waals surface area contributed by atoms with Crippen LogP contribution in [0.4, 0.5) is 0 Å². The third-order valence-electron chi connectivity index (χ3n) is 4.17. The van der Waals surface area contributed by atoms with Crippen molar-refractivity contribution < 1.29 is 27.2 Å². The Morgan fingerprint density at radius 1 is 0.690 bits per heavy atom. The van der Waals surface area contributed by atoms with Crippen LogP contribution in [-0.4, -0.2) is 31.8 Å².